The number of benzene rings is 3. The third kappa shape index (κ3) is 1.84. The number of hydrogen-bond donors (Lipinski definition) is 0. The van der Waals surface area contributed by atoms with E-state index in [9.17, 15) is 0 Å². The van der Waals surface area contributed by atoms with Gasteiger partial charge < -0.3 is 0 Å². The topological polar surface area (TPSA) is 0 Å². The lowest BCUT2D eigenvalue weighted by Crippen LogP contribution is -2.16. The monoisotopic (exact) mass is 304 g/mol. The molecule has 108 valence electrons. The molecule has 3 aromatic carbocycles. The first kappa shape index (κ1) is 13.6. The van der Waals surface area contributed by atoms with Crippen LogP contribution in [-0.4, -0.2) is 0 Å². The van der Waals surface area contributed by atoms with Gasteiger partial charge in [-0.1, -0.05) is 80.0 Å². The molecule has 0 saturated carbocycles. The van der Waals surface area contributed by atoms with E-state index in [-0.39, 0.29) is 5.41 Å². The second-order valence-corrected chi connectivity index (χ2v) is 6.85. The summed E-state index contributed by atoms with van der Waals surface area (Å²) in [5.74, 6) is 0. The zero-order chi connectivity index (χ0) is 15.3. The van der Waals surface area contributed by atoms with E-state index in [0.717, 1.165) is 5.02 Å². The van der Waals surface area contributed by atoms with Crippen molar-refractivity contribution >= 4 is 11.6 Å². The number of hydrogen-bond acceptors (Lipinski definition) is 0. The maximum absolute atomic E-state index is 6.44. The van der Waals surface area contributed by atoms with Crippen LogP contribution in [0.25, 0.3) is 22.3 Å². The summed E-state index contributed by atoms with van der Waals surface area (Å²) in [6.07, 6.45) is 0. The minimum absolute atomic E-state index is 0.0122. The van der Waals surface area contributed by atoms with Gasteiger partial charge in [-0.05, 0) is 45.5 Å². The molecule has 0 bridgehead atoms. The molecule has 0 aromatic heterocycles. The highest BCUT2D eigenvalue weighted by atomic mass is 35.5. The highest BCUT2D eigenvalue weighted by molar-refractivity contribution is 6.31. The van der Waals surface area contributed by atoms with E-state index in [4.69, 9.17) is 11.6 Å². The van der Waals surface area contributed by atoms with E-state index < -0.39 is 0 Å². The van der Waals surface area contributed by atoms with Crippen molar-refractivity contribution in [3.05, 3.63) is 82.9 Å². The number of fused-ring (bicyclic) bond motifs is 3. The molecule has 0 heterocycles. The lowest BCUT2D eigenvalue weighted by molar-refractivity contribution is 0.662. The molecule has 0 atom stereocenters. The van der Waals surface area contributed by atoms with Crippen molar-refractivity contribution in [1.82, 2.24) is 0 Å². The van der Waals surface area contributed by atoms with E-state index in [0.29, 0.717) is 0 Å². The molecular formula is C21H17Cl. The third-order valence-corrected chi connectivity index (χ3v) is 4.92. The van der Waals surface area contributed by atoms with Crippen molar-refractivity contribution in [2.45, 2.75) is 19.3 Å². The van der Waals surface area contributed by atoms with Gasteiger partial charge in [0.25, 0.3) is 0 Å². The van der Waals surface area contributed by atoms with Gasteiger partial charge in [0.15, 0.2) is 0 Å². The second kappa shape index (κ2) is 4.72. The second-order valence-electron chi connectivity index (χ2n) is 6.41. The summed E-state index contributed by atoms with van der Waals surface area (Å²) >= 11 is 6.44. The standard InChI is InChI=1S/C21H17Cl/c1-21(2)19-11-7-6-10-16(19)18-13-15(22)12-17(20(18)21)14-8-4-3-5-9-14/h3-13H,1-2H3. The molecule has 0 unspecified atom stereocenters. The Balaban J connectivity index is 2.09. The molecule has 0 N–H and O–H groups in total. The third-order valence-electron chi connectivity index (χ3n) is 4.70. The molecule has 0 nitrogen and oxygen atoms in total. The molecule has 0 radical (unpaired) electrons. The van der Waals surface area contributed by atoms with Crippen LogP contribution in [0.4, 0.5) is 0 Å². The maximum atomic E-state index is 6.44. The summed E-state index contributed by atoms with van der Waals surface area (Å²) in [7, 11) is 0. The summed E-state index contributed by atoms with van der Waals surface area (Å²) in [4.78, 5) is 0. The number of halogens is 1. The fourth-order valence-electron chi connectivity index (χ4n) is 3.74. The highest BCUT2D eigenvalue weighted by Gasteiger charge is 2.37. The van der Waals surface area contributed by atoms with Crippen LogP contribution in [0.3, 0.4) is 0 Å². The summed E-state index contributed by atoms with van der Waals surface area (Å²) in [5, 5.41) is 0.796. The SMILES string of the molecule is CC1(C)c2ccccc2-c2cc(Cl)cc(-c3ccccc3)c21. The molecule has 1 heteroatoms. The Labute approximate surface area is 136 Å². The van der Waals surface area contributed by atoms with Gasteiger partial charge >= 0.3 is 0 Å². The molecule has 0 amide bonds. The summed E-state index contributed by atoms with van der Waals surface area (Å²) < 4.78 is 0. The van der Waals surface area contributed by atoms with Crippen LogP contribution in [-0.2, 0) is 5.41 Å². The molecule has 4 rings (SSSR count). The summed E-state index contributed by atoms with van der Waals surface area (Å²) in [5.41, 5.74) is 7.79. The van der Waals surface area contributed by atoms with Gasteiger partial charge in [-0.15, -0.1) is 0 Å². The largest absolute Gasteiger partial charge is 0.0843 e. The minimum atomic E-state index is -0.0122. The van der Waals surface area contributed by atoms with Crippen LogP contribution in [0, 0.1) is 0 Å². The van der Waals surface area contributed by atoms with Crippen molar-refractivity contribution < 1.29 is 0 Å². The molecule has 1 aliphatic carbocycles. The Bertz CT molecular complexity index is 860. The van der Waals surface area contributed by atoms with Crippen LogP contribution >= 0.6 is 11.6 Å². The molecule has 0 spiro atoms. The van der Waals surface area contributed by atoms with Crippen molar-refractivity contribution in [2.24, 2.45) is 0 Å². The molecule has 1 aliphatic rings. The van der Waals surface area contributed by atoms with Crippen molar-refractivity contribution in [2.75, 3.05) is 0 Å². The van der Waals surface area contributed by atoms with Gasteiger partial charge in [-0.2, -0.15) is 0 Å². The molecule has 0 fully saturated rings. The lowest BCUT2D eigenvalue weighted by atomic mass is 9.79. The van der Waals surface area contributed by atoms with Crippen LogP contribution in [0.5, 0.6) is 0 Å². The normalized spacial score (nSPS) is 14.5. The van der Waals surface area contributed by atoms with Gasteiger partial charge in [0.05, 0.1) is 0 Å². The van der Waals surface area contributed by atoms with E-state index in [1.54, 1.807) is 0 Å². The molecule has 0 aliphatic heterocycles. The Hall–Kier alpha value is -2.05. The van der Waals surface area contributed by atoms with Crippen LogP contribution in [0.15, 0.2) is 66.7 Å². The van der Waals surface area contributed by atoms with Crippen molar-refractivity contribution in [1.29, 1.82) is 0 Å². The Morgan fingerprint density at radius 2 is 1.36 bits per heavy atom. The zero-order valence-corrected chi connectivity index (χ0v) is 13.5. The Morgan fingerprint density at radius 1 is 0.727 bits per heavy atom. The van der Waals surface area contributed by atoms with Crippen LogP contribution in [0.1, 0.15) is 25.0 Å². The number of rotatable bonds is 1. The predicted octanol–water partition coefficient (Wildman–Crippen LogP) is 6.31. The summed E-state index contributed by atoms with van der Waals surface area (Å²) in [6, 6.07) is 23.4. The van der Waals surface area contributed by atoms with E-state index >= 15 is 0 Å². The van der Waals surface area contributed by atoms with Crippen LogP contribution < -0.4 is 0 Å². The lowest BCUT2D eigenvalue weighted by Gasteiger charge is -2.24. The summed E-state index contributed by atoms with van der Waals surface area (Å²) in [6.45, 7) is 4.61. The predicted molar refractivity (Wildman–Crippen MR) is 94.5 cm³/mol. The Kier molecular flexibility index (Phi) is 2.92. The smallest absolute Gasteiger partial charge is 0.0418 e. The van der Waals surface area contributed by atoms with E-state index in [1.165, 1.54) is 33.4 Å². The first-order valence-electron chi connectivity index (χ1n) is 7.58. The average Bonchev–Trinajstić information content (AvgIpc) is 2.76. The van der Waals surface area contributed by atoms with E-state index in [1.807, 2.05) is 6.07 Å². The van der Waals surface area contributed by atoms with Crippen molar-refractivity contribution in [3.8, 4) is 22.3 Å². The van der Waals surface area contributed by atoms with Gasteiger partial charge in [0, 0.05) is 10.4 Å². The van der Waals surface area contributed by atoms with Gasteiger partial charge in [0.1, 0.15) is 0 Å². The molecule has 3 aromatic rings. The first-order chi connectivity index (χ1) is 10.6. The quantitative estimate of drug-likeness (QED) is 0.494. The fourth-order valence-corrected chi connectivity index (χ4v) is 3.95. The average molecular weight is 305 g/mol. The van der Waals surface area contributed by atoms with Gasteiger partial charge in [0.2, 0.25) is 0 Å². The maximum Gasteiger partial charge on any atom is 0.0418 e. The van der Waals surface area contributed by atoms with Crippen LogP contribution in [0.2, 0.25) is 5.02 Å². The van der Waals surface area contributed by atoms with Crippen molar-refractivity contribution in [3.63, 3.8) is 0 Å². The molecule has 22 heavy (non-hydrogen) atoms. The zero-order valence-electron chi connectivity index (χ0n) is 12.7. The van der Waals surface area contributed by atoms with Gasteiger partial charge in [-0.3, -0.25) is 0 Å². The Morgan fingerprint density at radius 3 is 2.14 bits per heavy atom. The minimum Gasteiger partial charge on any atom is -0.0843 e. The first-order valence-corrected chi connectivity index (χ1v) is 7.96. The fraction of sp³-hybridized carbons (Fsp3) is 0.143. The highest BCUT2D eigenvalue weighted by Crippen LogP contribution is 2.52. The van der Waals surface area contributed by atoms with E-state index in [2.05, 4.69) is 74.5 Å². The van der Waals surface area contributed by atoms with Gasteiger partial charge in [-0.25, -0.2) is 0 Å². The molecule has 0 saturated heterocycles. The molecular weight excluding hydrogens is 288 g/mol.